The van der Waals surface area contributed by atoms with E-state index in [-0.39, 0.29) is 12.5 Å². The molecule has 1 N–H and O–H groups in total. The predicted molar refractivity (Wildman–Crippen MR) is 131 cm³/mol. The first kappa shape index (κ1) is 24.5. The number of esters is 1. The van der Waals surface area contributed by atoms with E-state index in [2.05, 4.69) is 17.5 Å². The minimum absolute atomic E-state index is 0.138. The summed E-state index contributed by atoms with van der Waals surface area (Å²) in [4.78, 5) is 24.2. The zero-order valence-electron chi connectivity index (χ0n) is 19.3. The molecular formula is C27H28N2O5. The van der Waals surface area contributed by atoms with Crippen LogP contribution < -0.4 is 19.6 Å². The molecule has 0 heterocycles. The fourth-order valence-corrected chi connectivity index (χ4v) is 2.80. The number of hydrazone groups is 1. The van der Waals surface area contributed by atoms with Crippen LogP contribution in [0.4, 0.5) is 0 Å². The van der Waals surface area contributed by atoms with E-state index < -0.39 is 5.97 Å². The maximum atomic E-state index is 12.3. The van der Waals surface area contributed by atoms with E-state index in [4.69, 9.17) is 14.2 Å². The van der Waals surface area contributed by atoms with Gasteiger partial charge in [-0.05, 0) is 79.6 Å². The lowest BCUT2D eigenvalue weighted by molar-refractivity contribution is -0.123. The monoisotopic (exact) mass is 460 g/mol. The van der Waals surface area contributed by atoms with Crippen molar-refractivity contribution in [2.75, 3.05) is 13.2 Å². The molecule has 34 heavy (non-hydrogen) atoms. The Morgan fingerprint density at radius 2 is 1.47 bits per heavy atom. The molecule has 0 bridgehead atoms. The average Bonchev–Trinajstić information content (AvgIpc) is 2.85. The molecule has 3 aromatic rings. The number of carbonyl (C=O) groups excluding carboxylic acids is 2. The van der Waals surface area contributed by atoms with E-state index in [0.29, 0.717) is 23.7 Å². The molecule has 3 aromatic carbocycles. The molecular weight excluding hydrogens is 432 g/mol. The predicted octanol–water partition coefficient (Wildman–Crippen LogP) is 4.92. The summed E-state index contributed by atoms with van der Waals surface area (Å²) in [7, 11) is 0. The first-order chi connectivity index (χ1) is 16.5. The molecule has 0 unspecified atom stereocenters. The fraction of sp³-hybridized carbons (Fsp3) is 0.222. The van der Waals surface area contributed by atoms with Gasteiger partial charge in [-0.1, -0.05) is 31.0 Å². The number of nitrogens with zero attached hydrogens (tertiary/aromatic N) is 1. The number of amides is 1. The Kier molecular flexibility index (Phi) is 9.22. The third-order valence-corrected chi connectivity index (χ3v) is 4.74. The maximum absolute atomic E-state index is 12.3. The van der Waals surface area contributed by atoms with E-state index in [1.54, 1.807) is 60.7 Å². The van der Waals surface area contributed by atoms with Crippen molar-refractivity contribution in [3.8, 4) is 17.2 Å². The van der Waals surface area contributed by atoms with Gasteiger partial charge < -0.3 is 14.2 Å². The van der Waals surface area contributed by atoms with Crippen molar-refractivity contribution in [2.45, 2.75) is 26.7 Å². The van der Waals surface area contributed by atoms with Gasteiger partial charge in [-0.3, -0.25) is 4.79 Å². The van der Waals surface area contributed by atoms with Gasteiger partial charge in [0.25, 0.3) is 5.91 Å². The third kappa shape index (κ3) is 8.09. The van der Waals surface area contributed by atoms with Crippen LogP contribution in [-0.4, -0.2) is 31.3 Å². The zero-order valence-corrected chi connectivity index (χ0v) is 19.3. The summed E-state index contributed by atoms with van der Waals surface area (Å²) in [5.74, 6) is 0.918. The van der Waals surface area contributed by atoms with Gasteiger partial charge in [0.1, 0.15) is 17.2 Å². The molecule has 3 rings (SSSR count). The highest BCUT2D eigenvalue weighted by molar-refractivity contribution is 5.91. The standard InChI is InChI=1S/C27H28N2O5/c1-3-4-17-32-23-15-9-22(10-16-23)27(31)34-25-13-7-21(8-14-25)18-28-29-26(30)19-33-24-11-5-20(2)6-12-24/h5-16,18H,3-4,17,19H2,1-2H3,(H,29,30)/b28-18+. The van der Waals surface area contributed by atoms with E-state index in [1.165, 1.54) is 6.21 Å². The Bertz CT molecular complexity index is 1090. The van der Waals surface area contributed by atoms with E-state index in [1.807, 2.05) is 19.1 Å². The van der Waals surface area contributed by atoms with E-state index in [9.17, 15) is 9.59 Å². The summed E-state index contributed by atoms with van der Waals surface area (Å²) >= 11 is 0. The summed E-state index contributed by atoms with van der Waals surface area (Å²) in [6.45, 7) is 4.59. The molecule has 0 aliphatic heterocycles. The largest absolute Gasteiger partial charge is 0.494 e. The number of aryl methyl sites for hydroxylation is 1. The molecule has 0 aliphatic rings. The topological polar surface area (TPSA) is 86.2 Å². The molecule has 0 spiro atoms. The number of nitrogens with one attached hydrogen (secondary N) is 1. The van der Waals surface area contributed by atoms with Crippen LogP contribution in [0, 0.1) is 6.92 Å². The number of carbonyl (C=O) groups is 2. The molecule has 176 valence electrons. The van der Waals surface area contributed by atoms with Crippen molar-refractivity contribution in [1.29, 1.82) is 0 Å². The van der Waals surface area contributed by atoms with Gasteiger partial charge in [0.15, 0.2) is 6.61 Å². The molecule has 1 amide bonds. The Morgan fingerprint density at radius 3 is 2.15 bits per heavy atom. The highest BCUT2D eigenvalue weighted by atomic mass is 16.5. The highest BCUT2D eigenvalue weighted by Gasteiger charge is 2.09. The highest BCUT2D eigenvalue weighted by Crippen LogP contribution is 2.17. The molecule has 0 saturated carbocycles. The second kappa shape index (κ2) is 12.8. The fourth-order valence-electron chi connectivity index (χ4n) is 2.80. The second-order valence-corrected chi connectivity index (χ2v) is 7.58. The van der Waals surface area contributed by atoms with Gasteiger partial charge in [-0.25, -0.2) is 10.2 Å². The SMILES string of the molecule is CCCCOc1ccc(C(=O)Oc2ccc(/C=N/NC(=O)COc3ccc(C)cc3)cc2)cc1. The minimum Gasteiger partial charge on any atom is -0.494 e. The average molecular weight is 461 g/mol. The van der Waals surface area contributed by atoms with E-state index >= 15 is 0 Å². The minimum atomic E-state index is -0.456. The number of hydrogen-bond donors (Lipinski definition) is 1. The van der Waals surface area contributed by atoms with Crippen molar-refractivity contribution in [3.05, 3.63) is 89.5 Å². The molecule has 0 aromatic heterocycles. The quantitative estimate of drug-likeness (QED) is 0.144. The summed E-state index contributed by atoms with van der Waals surface area (Å²) < 4.78 is 16.4. The second-order valence-electron chi connectivity index (χ2n) is 7.58. The van der Waals surface area contributed by atoms with Gasteiger partial charge >= 0.3 is 5.97 Å². The van der Waals surface area contributed by atoms with Crippen molar-refractivity contribution < 1.29 is 23.8 Å². The molecule has 0 atom stereocenters. The van der Waals surface area contributed by atoms with Gasteiger partial charge in [-0.15, -0.1) is 0 Å². The number of unbranched alkanes of at least 4 members (excludes halogenated alkanes) is 1. The Morgan fingerprint density at radius 1 is 0.853 bits per heavy atom. The molecule has 7 heteroatoms. The number of rotatable bonds is 11. The zero-order chi connectivity index (χ0) is 24.2. The smallest absolute Gasteiger partial charge is 0.343 e. The van der Waals surface area contributed by atoms with Crippen LogP contribution in [0.3, 0.4) is 0 Å². The van der Waals surface area contributed by atoms with Crippen molar-refractivity contribution in [3.63, 3.8) is 0 Å². The normalized spacial score (nSPS) is 10.6. The van der Waals surface area contributed by atoms with E-state index in [0.717, 1.165) is 29.7 Å². The van der Waals surface area contributed by atoms with Crippen LogP contribution in [0.15, 0.2) is 77.9 Å². The van der Waals surface area contributed by atoms with Crippen molar-refractivity contribution in [1.82, 2.24) is 5.43 Å². The number of benzene rings is 3. The van der Waals surface area contributed by atoms with Crippen LogP contribution >= 0.6 is 0 Å². The van der Waals surface area contributed by atoms with Gasteiger partial charge in [-0.2, -0.15) is 5.10 Å². The van der Waals surface area contributed by atoms with Crippen LogP contribution in [0.25, 0.3) is 0 Å². The van der Waals surface area contributed by atoms with Crippen LogP contribution in [0.2, 0.25) is 0 Å². The summed E-state index contributed by atoms with van der Waals surface area (Å²) in [5, 5.41) is 3.92. The maximum Gasteiger partial charge on any atom is 0.343 e. The lowest BCUT2D eigenvalue weighted by atomic mass is 10.2. The van der Waals surface area contributed by atoms with Crippen molar-refractivity contribution >= 4 is 18.1 Å². The van der Waals surface area contributed by atoms with Crippen LogP contribution in [0.1, 0.15) is 41.3 Å². The Balaban J connectivity index is 1.43. The lowest BCUT2D eigenvalue weighted by Gasteiger charge is -2.07. The number of ether oxygens (including phenoxy) is 3. The Hall–Kier alpha value is -4.13. The van der Waals surface area contributed by atoms with Crippen molar-refractivity contribution in [2.24, 2.45) is 5.10 Å². The van der Waals surface area contributed by atoms with Gasteiger partial charge in [0, 0.05) is 0 Å². The van der Waals surface area contributed by atoms with Crippen LogP contribution in [0.5, 0.6) is 17.2 Å². The summed E-state index contributed by atoms with van der Waals surface area (Å²) in [6, 6.07) is 21.1. The Labute approximate surface area is 199 Å². The van der Waals surface area contributed by atoms with Crippen LogP contribution in [-0.2, 0) is 4.79 Å². The summed E-state index contributed by atoms with van der Waals surface area (Å²) in [6.07, 6.45) is 3.54. The molecule has 7 nitrogen and oxygen atoms in total. The first-order valence-electron chi connectivity index (χ1n) is 11.1. The van der Waals surface area contributed by atoms with Gasteiger partial charge in [0.2, 0.25) is 0 Å². The molecule has 0 saturated heterocycles. The third-order valence-electron chi connectivity index (χ3n) is 4.74. The molecule has 0 fully saturated rings. The molecule has 0 aliphatic carbocycles. The van der Waals surface area contributed by atoms with Gasteiger partial charge in [0.05, 0.1) is 18.4 Å². The molecule has 0 radical (unpaired) electrons. The summed E-state index contributed by atoms with van der Waals surface area (Å²) in [5.41, 5.74) is 4.69. The lowest BCUT2D eigenvalue weighted by Crippen LogP contribution is -2.24. The number of hydrogen-bond acceptors (Lipinski definition) is 6. The first-order valence-corrected chi connectivity index (χ1v) is 11.1.